The average molecular weight is 295 g/mol. The lowest BCUT2D eigenvalue weighted by atomic mass is 9.86. The number of pyridine rings is 1. The van der Waals surface area contributed by atoms with Gasteiger partial charge in [0, 0.05) is 11.9 Å². The summed E-state index contributed by atoms with van der Waals surface area (Å²) in [5.41, 5.74) is 1.14. The van der Waals surface area contributed by atoms with E-state index >= 15 is 0 Å². The Balaban J connectivity index is 1.81. The largest absolute Gasteiger partial charge is 0.309 e. The number of aromatic nitrogens is 1. The molecule has 2 heterocycles. The summed E-state index contributed by atoms with van der Waals surface area (Å²) in [4.78, 5) is 30.4. The fourth-order valence-corrected chi connectivity index (χ4v) is 2.72. The van der Waals surface area contributed by atoms with Crippen LogP contribution in [0, 0.1) is 0 Å². The van der Waals surface area contributed by atoms with Crippen molar-refractivity contribution in [3.05, 3.63) is 54.2 Å². The molecule has 2 aromatic rings. The lowest BCUT2D eigenvalue weighted by Crippen LogP contribution is -2.40. The van der Waals surface area contributed by atoms with E-state index in [-0.39, 0.29) is 18.4 Å². The number of hydrogen-bond acceptors (Lipinski definition) is 3. The number of fused-ring (bicyclic) bond motifs is 1. The second-order valence-corrected chi connectivity index (χ2v) is 5.80. The first-order valence-corrected chi connectivity index (χ1v) is 7.12. The average Bonchev–Trinajstić information content (AvgIpc) is 2.70. The van der Waals surface area contributed by atoms with Gasteiger partial charge in [-0.1, -0.05) is 24.3 Å². The smallest absolute Gasteiger partial charge is 0.245 e. The summed E-state index contributed by atoms with van der Waals surface area (Å²) >= 11 is 0. The number of benzene rings is 1. The molecule has 1 N–H and O–H groups in total. The van der Waals surface area contributed by atoms with Crippen molar-refractivity contribution in [2.24, 2.45) is 0 Å². The van der Waals surface area contributed by atoms with E-state index in [9.17, 15) is 9.59 Å². The molecule has 1 aliphatic heterocycles. The summed E-state index contributed by atoms with van der Waals surface area (Å²) in [6.07, 6.45) is 1.61. The van der Waals surface area contributed by atoms with Crippen LogP contribution in [0.5, 0.6) is 0 Å². The summed E-state index contributed by atoms with van der Waals surface area (Å²) < 4.78 is 0. The Hall–Kier alpha value is -2.69. The second kappa shape index (κ2) is 5.26. The molecule has 2 amide bonds. The maximum atomic E-state index is 12.6. The molecule has 3 rings (SSSR count). The Bertz CT molecular complexity index is 726. The minimum absolute atomic E-state index is 0.0180. The van der Waals surface area contributed by atoms with Gasteiger partial charge < -0.3 is 10.2 Å². The fourth-order valence-electron chi connectivity index (χ4n) is 2.72. The van der Waals surface area contributed by atoms with Crippen LogP contribution in [0.2, 0.25) is 0 Å². The van der Waals surface area contributed by atoms with Crippen molar-refractivity contribution in [1.82, 2.24) is 4.98 Å². The zero-order chi connectivity index (χ0) is 15.7. The molecule has 112 valence electrons. The zero-order valence-corrected chi connectivity index (χ0v) is 12.5. The third-order valence-electron chi connectivity index (χ3n) is 3.88. The molecule has 5 heteroatoms. The molecule has 1 aliphatic rings. The zero-order valence-electron chi connectivity index (χ0n) is 12.5. The maximum absolute atomic E-state index is 12.6. The van der Waals surface area contributed by atoms with Crippen molar-refractivity contribution < 1.29 is 9.59 Å². The minimum Gasteiger partial charge on any atom is -0.309 e. The van der Waals surface area contributed by atoms with Gasteiger partial charge in [-0.05, 0) is 37.6 Å². The Morgan fingerprint density at radius 1 is 1.18 bits per heavy atom. The van der Waals surface area contributed by atoms with Gasteiger partial charge in [-0.15, -0.1) is 0 Å². The van der Waals surface area contributed by atoms with Gasteiger partial charge >= 0.3 is 0 Å². The molecule has 0 spiro atoms. The highest BCUT2D eigenvalue weighted by Crippen LogP contribution is 2.40. The highest BCUT2D eigenvalue weighted by molar-refractivity contribution is 6.11. The lowest BCUT2D eigenvalue weighted by molar-refractivity contribution is -0.124. The molecule has 0 radical (unpaired) electrons. The monoisotopic (exact) mass is 295 g/mol. The molecule has 0 atom stereocenters. The van der Waals surface area contributed by atoms with E-state index in [1.165, 1.54) is 4.90 Å². The molecule has 22 heavy (non-hydrogen) atoms. The molecule has 0 saturated heterocycles. The van der Waals surface area contributed by atoms with Gasteiger partial charge in [0.25, 0.3) is 0 Å². The van der Waals surface area contributed by atoms with E-state index in [4.69, 9.17) is 0 Å². The number of rotatable bonds is 3. The quantitative estimate of drug-likeness (QED) is 0.945. The van der Waals surface area contributed by atoms with Crippen LogP contribution >= 0.6 is 0 Å². The Labute approximate surface area is 129 Å². The first kappa shape index (κ1) is 14.3. The standard InChI is InChI=1S/C17H17N3O2/c1-17(2)12-7-3-4-8-13(12)20(16(17)22)11-15(21)19-14-9-5-6-10-18-14/h3-10H,11H2,1-2H3,(H,18,19,21). The van der Waals surface area contributed by atoms with Gasteiger partial charge in [-0.3, -0.25) is 9.59 Å². The third-order valence-corrected chi connectivity index (χ3v) is 3.88. The van der Waals surface area contributed by atoms with E-state index in [0.29, 0.717) is 5.82 Å². The van der Waals surface area contributed by atoms with E-state index in [0.717, 1.165) is 11.3 Å². The summed E-state index contributed by atoms with van der Waals surface area (Å²) in [5.74, 6) is 0.149. The Morgan fingerprint density at radius 2 is 1.91 bits per heavy atom. The van der Waals surface area contributed by atoms with Crippen LogP contribution in [0.1, 0.15) is 19.4 Å². The third kappa shape index (κ3) is 2.35. The van der Waals surface area contributed by atoms with E-state index in [1.807, 2.05) is 38.1 Å². The molecule has 1 aromatic carbocycles. The van der Waals surface area contributed by atoms with Crippen molar-refractivity contribution in [3.63, 3.8) is 0 Å². The number of para-hydroxylation sites is 1. The maximum Gasteiger partial charge on any atom is 0.245 e. The van der Waals surface area contributed by atoms with Crippen LogP contribution in [0.15, 0.2) is 48.7 Å². The number of nitrogens with zero attached hydrogens (tertiary/aromatic N) is 2. The number of carbonyl (C=O) groups is 2. The Morgan fingerprint density at radius 3 is 2.64 bits per heavy atom. The minimum atomic E-state index is -0.609. The van der Waals surface area contributed by atoms with E-state index < -0.39 is 5.41 Å². The van der Waals surface area contributed by atoms with Crippen LogP contribution in [0.25, 0.3) is 0 Å². The predicted octanol–water partition coefficient (Wildman–Crippen LogP) is 2.34. The normalized spacial score (nSPS) is 15.5. The predicted molar refractivity (Wildman–Crippen MR) is 84.7 cm³/mol. The molecule has 0 fully saturated rings. The second-order valence-electron chi connectivity index (χ2n) is 5.80. The highest BCUT2D eigenvalue weighted by Gasteiger charge is 2.44. The Kier molecular flexibility index (Phi) is 3.41. The molecular formula is C17H17N3O2. The van der Waals surface area contributed by atoms with Crippen LogP contribution < -0.4 is 10.2 Å². The summed E-state index contributed by atoms with van der Waals surface area (Å²) in [7, 11) is 0. The number of anilines is 2. The number of nitrogens with one attached hydrogen (secondary N) is 1. The van der Waals surface area contributed by atoms with Crippen LogP contribution in [-0.2, 0) is 15.0 Å². The SMILES string of the molecule is CC1(C)C(=O)N(CC(=O)Nc2ccccn2)c2ccccc21. The number of amides is 2. The lowest BCUT2D eigenvalue weighted by Gasteiger charge is -2.19. The highest BCUT2D eigenvalue weighted by atomic mass is 16.2. The van der Waals surface area contributed by atoms with Crippen molar-refractivity contribution in [1.29, 1.82) is 0 Å². The molecule has 0 bridgehead atoms. The molecular weight excluding hydrogens is 278 g/mol. The first-order chi connectivity index (χ1) is 10.5. The molecule has 1 aromatic heterocycles. The fraction of sp³-hybridized carbons (Fsp3) is 0.235. The van der Waals surface area contributed by atoms with Gasteiger partial charge in [0.1, 0.15) is 12.4 Å². The molecule has 0 aliphatic carbocycles. The van der Waals surface area contributed by atoms with Crippen LogP contribution in [0.4, 0.5) is 11.5 Å². The van der Waals surface area contributed by atoms with Gasteiger partial charge in [0.2, 0.25) is 11.8 Å². The molecule has 0 unspecified atom stereocenters. The van der Waals surface area contributed by atoms with Gasteiger partial charge in [0.15, 0.2) is 0 Å². The van der Waals surface area contributed by atoms with Gasteiger partial charge in [-0.2, -0.15) is 0 Å². The van der Waals surface area contributed by atoms with Crippen molar-refractivity contribution in [2.45, 2.75) is 19.3 Å². The van der Waals surface area contributed by atoms with Crippen LogP contribution in [0.3, 0.4) is 0 Å². The summed E-state index contributed by atoms with van der Waals surface area (Å²) in [5, 5.41) is 2.70. The van der Waals surface area contributed by atoms with Gasteiger partial charge in [-0.25, -0.2) is 4.98 Å². The molecule has 5 nitrogen and oxygen atoms in total. The van der Waals surface area contributed by atoms with Crippen molar-refractivity contribution >= 4 is 23.3 Å². The topological polar surface area (TPSA) is 62.3 Å². The van der Waals surface area contributed by atoms with Crippen molar-refractivity contribution in [2.75, 3.05) is 16.8 Å². The first-order valence-electron chi connectivity index (χ1n) is 7.12. The summed E-state index contributed by atoms with van der Waals surface area (Å²) in [6, 6.07) is 12.9. The number of hydrogen-bond donors (Lipinski definition) is 1. The van der Waals surface area contributed by atoms with Crippen LogP contribution in [-0.4, -0.2) is 23.3 Å². The van der Waals surface area contributed by atoms with E-state index in [2.05, 4.69) is 10.3 Å². The van der Waals surface area contributed by atoms with Gasteiger partial charge in [0.05, 0.1) is 5.41 Å². The van der Waals surface area contributed by atoms with Crippen molar-refractivity contribution in [3.8, 4) is 0 Å². The number of carbonyl (C=O) groups excluding carboxylic acids is 2. The summed E-state index contributed by atoms with van der Waals surface area (Å²) in [6.45, 7) is 3.74. The molecule has 0 saturated carbocycles. The van der Waals surface area contributed by atoms with E-state index in [1.54, 1.807) is 24.4 Å².